The first kappa shape index (κ1) is 15.7. The zero-order valence-electron chi connectivity index (χ0n) is 11.7. The van der Waals surface area contributed by atoms with Crippen molar-refractivity contribution in [3.05, 3.63) is 0 Å². The van der Waals surface area contributed by atoms with Crippen molar-refractivity contribution in [3.63, 3.8) is 0 Å². The van der Waals surface area contributed by atoms with Crippen LogP contribution in [0, 0.1) is 0 Å². The van der Waals surface area contributed by atoms with E-state index in [9.17, 15) is 9.59 Å². The molecule has 1 aliphatic heterocycles. The number of morpholine rings is 1. The van der Waals surface area contributed by atoms with Gasteiger partial charge in [0.1, 0.15) is 12.2 Å². The Morgan fingerprint density at radius 3 is 2.68 bits per heavy atom. The minimum atomic E-state index is -0.548. The summed E-state index contributed by atoms with van der Waals surface area (Å²) in [7, 11) is 0. The van der Waals surface area contributed by atoms with Crippen molar-refractivity contribution in [1.29, 1.82) is 0 Å². The standard InChI is InChI=1S/C12H22N2O5/c1-12(2,3)19-11(16)14-4-5-17-6-9(14)7-18-8-10(13)15/h9H,4-8H2,1-3H3,(H2,13,15). The number of rotatable bonds is 4. The molecule has 0 aromatic rings. The normalized spacial score (nSPS) is 20.2. The van der Waals surface area contributed by atoms with Crippen molar-refractivity contribution in [1.82, 2.24) is 4.90 Å². The fourth-order valence-corrected chi connectivity index (χ4v) is 1.65. The third-order valence-corrected chi connectivity index (χ3v) is 2.41. The predicted molar refractivity (Wildman–Crippen MR) is 67.6 cm³/mol. The zero-order valence-corrected chi connectivity index (χ0v) is 11.7. The topological polar surface area (TPSA) is 91.1 Å². The van der Waals surface area contributed by atoms with Crippen molar-refractivity contribution in [2.75, 3.05) is 33.0 Å². The summed E-state index contributed by atoms with van der Waals surface area (Å²) in [6.45, 7) is 6.72. The van der Waals surface area contributed by atoms with Crippen LogP contribution in [-0.4, -0.2) is 61.5 Å². The second-order valence-corrected chi connectivity index (χ2v) is 5.38. The van der Waals surface area contributed by atoms with Gasteiger partial charge in [-0.2, -0.15) is 0 Å². The minimum Gasteiger partial charge on any atom is -0.444 e. The molecule has 7 nitrogen and oxygen atoms in total. The van der Waals surface area contributed by atoms with Gasteiger partial charge in [0.15, 0.2) is 0 Å². The van der Waals surface area contributed by atoms with Gasteiger partial charge in [-0.3, -0.25) is 9.69 Å². The number of carbonyl (C=O) groups excluding carboxylic acids is 2. The van der Waals surface area contributed by atoms with Gasteiger partial charge >= 0.3 is 6.09 Å². The molecule has 19 heavy (non-hydrogen) atoms. The average Bonchev–Trinajstić information content (AvgIpc) is 2.26. The molecule has 0 spiro atoms. The van der Waals surface area contributed by atoms with Crippen molar-refractivity contribution in [2.45, 2.75) is 32.4 Å². The zero-order chi connectivity index (χ0) is 14.5. The second kappa shape index (κ2) is 6.72. The molecular formula is C12H22N2O5. The maximum atomic E-state index is 12.0. The van der Waals surface area contributed by atoms with E-state index in [4.69, 9.17) is 19.9 Å². The van der Waals surface area contributed by atoms with Crippen molar-refractivity contribution < 1.29 is 23.8 Å². The monoisotopic (exact) mass is 274 g/mol. The Balaban J connectivity index is 2.51. The summed E-state index contributed by atoms with van der Waals surface area (Å²) in [4.78, 5) is 24.2. The first-order valence-corrected chi connectivity index (χ1v) is 6.23. The number of carbonyl (C=O) groups is 2. The average molecular weight is 274 g/mol. The molecule has 110 valence electrons. The Morgan fingerprint density at radius 2 is 2.11 bits per heavy atom. The third-order valence-electron chi connectivity index (χ3n) is 2.41. The SMILES string of the molecule is CC(C)(C)OC(=O)N1CCOCC1COCC(N)=O. The molecule has 1 heterocycles. The van der Waals surface area contributed by atoms with Crippen LogP contribution >= 0.6 is 0 Å². The highest BCUT2D eigenvalue weighted by atomic mass is 16.6. The number of hydrogen-bond donors (Lipinski definition) is 1. The van der Waals surface area contributed by atoms with E-state index >= 15 is 0 Å². The number of hydrogen-bond acceptors (Lipinski definition) is 5. The highest BCUT2D eigenvalue weighted by Gasteiger charge is 2.31. The van der Waals surface area contributed by atoms with E-state index in [0.717, 1.165) is 0 Å². The lowest BCUT2D eigenvalue weighted by Crippen LogP contribution is -2.52. The number of nitrogens with two attached hydrogens (primary N) is 1. The number of amides is 2. The molecule has 2 amide bonds. The van der Waals surface area contributed by atoms with Gasteiger partial charge in [-0.05, 0) is 20.8 Å². The van der Waals surface area contributed by atoms with Gasteiger partial charge in [0.05, 0.1) is 25.9 Å². The molecule has 1 aliphatic rings. The first-order valence-electron chi connectivity index (χ1n) is 6.23. The fraction of sp³-hybridized carbons (Fsp3) is 0.833. The van der Waals surface area contributed by atoms with Gasteiger partial charge < -0.3 is 19.9 Å². The van der Waals surface area contributed by atoms with E-state index in [1.54, 1.807) is 4.90 Å². The molecule has 7 heteroatoms. The Kier molecular flexibility index (Phi) is 5.56. The van der Waals surface area contributed by atoms with Gasteiger partial charge in [0, 0.05) is 6.54 Å². The van der Waals surface area contributed by atoms with Gasteiger partial charge in [-0.25, -0.2) is 4.79 Å². The van der Waals surface area contributed by atoms with E-state index < -0.39 is 17.6 Å². The Morgan fingerprint density at radius 1 is 1.42 bits per heavy atom. The van der Waals surface area contributed by atoms with Crippen molar-refractivity contribution in [2.24, 2.45) is 5.73 Å². The molecule has 1 saturated heterocycles. The largest absolute Gasteiger partial charge is 0.444 e. The van der Waals surface area contributed by atoms with Gasteiger partial charge in [0.25, 0.3) is 0 Å². The second-order valence-electron chi connectivity index (χ2n) is 5.38. The minimum absolute atomic E-state index is 0.168. The van der Waals surface area contributed by atoms with Crippen LogP contribution < -0.4 is 5.73 Å². The lowest BCUT2D eigenvalue weighted by Gasteiger charge is -2.36. The van der Waals surface area contributed by atoms with Gasteiger partial charge in [-0.1, -0.05) is 0 Å². The quantitative estimate of drug-likeness (QED) is 0.786. The summed E-state index contributed by atoms with van der Waals surface area (Å²) in [5.74, 6) is -0.541. The molecule has 0 bridgehead atoms. The molecule has 0 aromatic heterocycles. The molecule has 2 N–H and O–H groups in total. The van der Waals surface area contributed by atoms with E-state index in [-0.39, 0.29) is 19.3 Å². The molecule has 0 saturated carbocycles. The van der Waals surface area contributed by atoms with Crippen LogP contribution in [0.4, 0.5) is 4.79 Å². The third kappa shape index (κ3) is 5.89. The molecule has 0 radical (unpaired) electrons. The maximum Gasteiger partial charge on any atom is 0.410 e. The van der Waals surface area contributed by atoms with Crippen molar-refractivity contribution >= 4 is 12.0 Å². The van der Waals surface area contributed by atoms with E-state index in [1.165, 1.54) is 0 Å². The summed E-state index contributed by atoms with van der Waals surface area (Å²) in [6, 6.07) is -0.261. The number of nitrogens with zero attached hydrogens (tertiary/aromatic N) is 1. The van der Waals surface area contributed by atoms with Gasteiger partial charge in [-0.15, -0.1) is 0 Å². The predicted octanol–water partition coefficient (Wildman–Crippen LogP) is 0.124. The molecule has 0 aromatic carbocycles. The summed E-state index contributed by atoms with van der Waals surface area (Å²) >= 11 is 0. The fourth-order valence-electron chi connectivity index (χ4n) is 1.65. The van der Waals surface area contributed by atoms with Crippen LogP contribution in [0.3, 0.4) is 0 Å². The summed E-state index contributed by atoms with van der Waals surface area (Å²) in [6.07, 6.45) is -0.400. The molecule has 1 rings (SSSR count). The summed E-state index contributed by atoms with van der Waals surface area (Å²) in [5.41, 5.74) is 4.44. The van der Waals surface area contributed by atoms with Crippen LogP contribution in [-0.2, 0) is 19.0 Å². The van der Waals surface area contributed by atoms with Crippen LogP contribution in [0.2, 0.25) is 0 Å². The van der Waals surface area contributed by atoms with Crippen LogP contribution in [0.5, 0.6) is 0 Å². The summed E-state index contributed by atoms with van der Waals surface area (Å²) in [5, 5.41) is 0. The lowest BCUT2D eigenvalue weighted by molar-refractivity contribution is -0.124. The van der Waals surface area contributed by atoms with E-state index in [0.29, 0.717) is 19.8 Å². The molecule has 1 unspecified atom stereocenters. The Labute approximate surface area is 113 Å². The highest BCUT2D eigenvalue weighted by molar-refractivity contribution is 5.75. The number of ether oxygens (including phenoxy) is 3. The van der Waals surface area contributed by atoms with Crippen molar-refractivity contribution in [3.8, 4) is 0 Å². The Bertz CT molecular complexity index is 327. The van der Waals surface area contributed by atoms with Crippen LogP contribution in [0.25, 0.3) is 0 Å². The molecule has 0 aliphatic carbocycles. The van der Waals surface area contributed by atoms with E-state index in [1.807, 2.05) is 20.8 Å². The lowest BCUT2D eigenvalue weighted by atomic mass is 10.2. The number of primary amides is 1. The molecular weight excluding hydrogens is 252 g/mol. The maximum absolute atomic E-state index is 12.0. The highest BCUT2D eigenvalue weighted by Crippen LogP contribution is 2.14. The molecule has 1 fully saturated rings. The van der Waals surface area contributed by atoms with Gasteiger partial charge in [0.2, 0.25) is 5.91 Å². The summed E-state index contributed by atoms with van der Waals surface area (Å²) < 4.78 is 15.8. The first-order chi connectivity index (χ1) is 8.79. The van der Waals surface area contributed by atoms with E-state index in [2.05, 4.69) is 0 Å². The van der Waals surface area contributed by atoms with Crippen LogP contribution in [0.15, 0.2) is 0 Å². The smallest absolute Gasteiger partial charge is 0.410 e. The van der Waals surface area contributed by atoms with Crippen LogP contribution in [0.1, 0.15) is 20.8 Å². The molecule has 1 atom stereocenters. The Hall–Kier alpha value is -1.34.